The van der Waals surface area contributed by atoms with E-state index in [2.05, 4.69) is 29.4 Å². The molecule has 0 aliphatic heterocycles. The Morgan fingerprint density at radius 1 is 1.04 bits per heavy atom. The number of anilines is 2. The van der Waals surface area contributed by atoms with E-state index in [4.69, 9.17) is 4.74 Å². The molecule has 0 radical (unpaired) electrons. The zero-order valence-corrected chi connectivity index (χ0v) is 15.6. The van der Waals surface area contributed by atoms with Gasteiger partial charge in [0.25, 0.3) is 0 Å². The monoisotopic (exact) mass is 377 g/mol. The summed E-state index contributed by atoms with van der Waals surface area (Å²) in [5.74, 6) is -0.824. The highest BCUT2D eigenvalue weighted by Crippen LogP contribution is 2.18. The lowest BCUT2D eigenvalue weighted by atomic mass is 10.3. The number of ether oxygens (including phenoxy) is 1. The van der Waals surface area contributed by atoms with Crippen LogP contribution in [0.15, 0.2) is 42.5 Å². The SMILES string of the molecule is CCN(CC)CCCOc1ccc(NC(=O)Nc2ccc(F)cc2F)cc1. The maximum atomic E-state index is 13.5. The van der Waals surface area contributed by atoms with Crippen molar-refractivity contribution in [3.05, 3.63) is 54.1 Å². The maximum absolute atomic E-state index is 13.5. The van der Waals surface area contributed by atoms with Crippen LogP contribution < -0.4 is 15.4 Å². The van der Waals surface area contributed by atoms with Gasteiger partial charge in [0, 0.05) is 18.3 Å². The smallest absolute Gasteiger partial charge is 0.323 e. The lowest BCUT2D eigenvalue weighted by molar-refractivity contribution is 0.249. The van der Waals surface area contributed by atoms with Crippen LogP contribution in [-0.2, 0) is 0 Å². The van der Waals surface area contributed by atoms with E-state index in [-0.39, 0.29) is 5.69 Å². The molecule has 0 spiro atoms. The Balaban J connectivity index is 1.78. The molecule has 146 valence electrons. The van der Waals surface area contributed by atoms with Gasteiger partial charge in [0.15, 0.2) is 0 Å². The van der Waals surface area contributed by atoms with Crippen LogP contribution in [0.25, 0.3) is 0 Å². The summed E-state index contributed by atoms with van der Waals surface area (Å²) in [6.07, 6.45) is 0.938. The molecule has 2 amide bonds. The van der Waals surface area contributed by atoms with Crippen LogP contribution >= 0.6 is 0 Å². The van der Waals surface area contributed by atoms with E-state index in [1.54, 1.807) is 24.3 Å². The van der Waals surface area contributed by atoms with Crippen LogP contribution in [0.2, 0.25) is 0 Å². The van der Waals surface area contributed by atoms with Gasteiger partial charge in [-0.2, -0.15) is 0 Å². The second-order valence-corrected chi connectivity index (χ2v) is 5.96. The van der Waals surface area contributed by atoms with Crippen LogP contribution in [0.5, 0.6) is 5.75 Å². The average molecular weight is 377 g/mol. The highest BCUT2D eigenvalue weighted by molar-refractivity contribution is 5.99. The van der Waals surface area contributed by atoms with Crippen LogP contribution in [0.4, 0.5) is 25.0 Å². The standard InChI is InChI=1S/C20H25F2N3O2/c1-3-25(4-2)12-5-13-27-17-9-7-16(8-10-17)23-20(26)24-19-11-6-15(21)14-18(19)22/h6-11,14H,3-5,12-13H2,1-2H3,(H2,23,24,26). The topological polar surface area (TPSA) is 53.6 Å². The minimum absolute atomic E-state index is 0.0953. The van der Waals surface area contributed by atoms with E-state index >= 15 is 0 Å². The Labute approximate surface area is 158 Å². The normalized spacial score (nSPS) is 10.7. The van der Waals surface area contributed by atoms with Gasteiger partial charge in [-0.15, -0.1) is 0 Å². The number of nitrogens with zero attached hydrogens (tertiary/aromatic N) is 1. The van der Waals surface area contributed by atoms with Gasteiger partial charge in [0.1, 0.15) is 17.4 Å². The van der Waals surface area contributed by atoms with Gasteiger partial charge in [0.2, 0.25) is 0 Å². The summed E-state index contributed by atoms with van der Waals surface area (Å²) >= 11 is 0. The fourth-order valence-electron chi connectivity index (χ4n) is 2.53. The number of urea groups is 1. The zero-order chi connectivity index (χ0) is 19.6. The quantitative estimate of drug-likeness (QED) is 0.622. The van der Waals surface area contributed by atoms with Gasteiger partial charge in [-0.1, -0.05) is 13.8 Å². The van der Waals surface area contributed by atoms with Gasteiger partial charge in [0.05, 0.1) is 12.3 Å². The van der Waals surface area contributed by atoms with E-state index in [9.17, 15) is 13.6 Å². The molecule has 27 heavy (non-hydrogen) atoms. The third-order valence-electron chi connectivity index (χ3n) is 4.07. The largest absolute Gasteiger partial charge is 0.494 e. The molecule has 0 saturated carbocycles. The third kappa shape index (κ3) is 6.86. The number of hydrogen-bond donors (Lipinski definition) is 2. The summed E-state index contributed by atoms with van der Waals surface area (Å²) in [7, 11) is 0. The number of benzene rings is 2. The van der Waals surface area contributed by atoms with Crippen LogP contribution in [0.1, 0.15) is 20.3 Å². The number of rotatable bonds is 9. The van der Waals surface area contributed by atoms with Crippen LogP contribution in [-0.4, -0.2) is 37.2 Å². The minimum Gasteiger partial charge on any atom is -0.494 e. The van der Waals surface area contributed by atoms with Crippen molar-refractivity contribution >= 4 is 17.4 Å². The van der Waals surface area contributed by atoms with Crippen molar-refractivity contribution in [1.82, 2.24) is 4.90 Å². The molecule has 2 aromatic carbocycles. The van der Waals surface area contributed by atoms with E-state index in [0.717, 1.165) is 32.1 Å². The molecule has 2 rings (SSSR count). The molecule has 0 aliphatic carbocycles. The lowest BCUT2D eigenvalue weighted by Crippen LogP contribution is -2.25. The van der Waals surface area contributed by atoms with Gasteiger partial charge < -0.3 is 20.3 Å². The van der Waals surface area contributed by atoms with Gasteiger partial charge in [-0.05, 0) is 55.9 Å². The van der Waals surface area contributed by atoms with E-state index < -0.39 is 17.7 Å². The number of hydrogen-bond acceptors (Lipinski definition) is 3. The summed E-state index contributed by atoms with van der Waals surface area (Å²) in [6.45, 7) is 7.94. The third-order valence-corrected chi connectivity index (χ3v) is 4.07. The van der Waals surface area contributed by atoms with E-state index in [0.29, 0.717) is 24.1 Å². The molecule has 0 unspecified atom stereocenters. The van der Waals surface area contributed by atoms with Gasteiger partial charge in [-0.25, -0.2) is 13.6 Å². The molecule has 0 fully saturated rings. The van der Waals surface area contributed by atoms with Crippen LogP contribution in [0, 0.1) is 11.6 Å². The number of carbonyl (C=O) groups is 1. The molecular formula is C20H25F2N3O2. The zero-order valence-electron chi connectivity index (χ0n) is 15.6. The van der Waals surface area contributed by atoms with Crippen molar-refractivity contribution in [3.63, 3.8) is 0 Å². The first-order valence-corrected chi connectivity index (χ1v) is 9.00. The molecule has 0 bridgehead atoms. The highest BCUT2D eigenvalue weighted by Gasteiger charge is 2.08. The highest BCUT2D eigenvalue weighted by atomic mass is 19.1. The van der Waals surface area contributed by atoms with Gasteiger partial charge in [-0.3, -0.25) is 0 Å². The molecule has 0 atom stereocenters. The Bertz CT molecular complexity index is 735. The van der Waals surface area contributed by atoms with Crippen molar-refractivity contribution in [3.8, 4) is 5.75 Å². The van der Waals surface area contributed by atoms with E-state index in [1.807, 2.05) is 0 Å². The summed E-state index contributed by atoms with van der Waals surface area (Å²) in [5, 5.41) is 4.92. The molecule has 5 nitrogen and oxygen atoms in total. The Morgan fingerprint density at radius 2 is 1.74 bits per heavy atom. The predicted octanol–water partition coefficient (Wildman–Crippen LogP) is 4.72. The molecule has 0 aliphatic rings. The Kier molecular flexibility index (Phi) is 8.00. The summed E-state index contributed by atoms with van der Waals surface area (Å²) < 4.78 is 32.1. The molecule has 2 N–H and O–H groups in total. The van der Waals surface area contributed by atoms with Crippen molar-refractivity contribution in [1.29, 1.82) is 0 Å². The molecule has 0 aromatic heterocycles. The fourth-order valence-corrected chi connectivity index (χ4v) is 2.53. The number of amides is 2. The fraction of sp³-hybridized carbons (Fsp3) is 0.350. The van der Waals surface area contributed by atoms with Crippen molar-refractivity contribution < 1.29 is 18.3 Å². The molecule has 2 aromatic rings. The minimum atomic E-state index is -0.835. The summed E-state index contributed by atoms with van der Waals surface area (Å²) in [6, 6.07) is 9.23. The lowest BCUT2D eigenvalue weighted by Gasteiger charge is -2.17. The predicted molar refractivity (Wildman–Crippen MR) is 103 cm³/mol. The maximum Gasteiger partial charge on any atom is 0.323 e. The van der Waals surface area contributed by atoms with E-state index in [1.165, 1.54) is 6.07 Å². The Hall–Kier alpha value is -2.67. The second kappa shape index (κ2) is 10.5. The van der Waals surface area contributed by atoms with Gasteiger partial charge >= 0.3 is 6.03 Å². The first kappa shape index (κ1) is 20.6. The molecule has 7 heteroatoms. The number of halogens is 2. The van der Waals surface area contributed by atoms with Crippen molar-refractivity contribution in [2.45, 2.75) is 20.3 Å². The molecule has 0 heterocycles. The number of nitrogens with one attached hydrogen (secondary N) is 2. The van der Waals surface area contributed by atoms with Crippen LogP contribution in [0.3, 0.4) is 0 Å². The second-order valence-electron chi connectivity index (χ2n) is 5.96. The average Bonchev–Trinajstić information content (AvgIpc) is 2.65. The number of carbonyl (C=O) groups excluding carboxylic acids is 1. The van der Waals surface area contributed by atoms with Crippen molar-refractivity contribution in [2.24, 2.45) is 0 Å². The molecular weight excluding hydrogens is 352 g/mol. The summed E-state index contributed by atoms with van der Waals surface area (Å²) in [5.41, 5.74) is 0.438. The van der Waals surface area contributed by atoms with Crippen molar-refractivity contribution in [2.75, 3.05) is 36.9 Å². The first-order chi connectivity index (χ1) is 13.0. The first-order valence-electron chi connectivity index (χ1n) is 9.00. The summed E-state index contributed by atoms with van der Waals surface area (Å²) in [4.78, 5) is 14.2. The molecule has 0 saturated heterocycles. The Morgan fingerprint density at radius 3 is 2.37 bits per heavy atom.